The predicted octanol–water partition coefficient (Wildman–Crippen LogP) is 2.51. The molecule has 0 aliphatic carbocycles. The van der Waals surface area contributed by atoms with Crippen molar-refractivity contribution in [3.63, 3.8) is 0 Å². The lowest BCUT2D eigenvalue weighted by Crippen LogP contribution is -2.18. The van der Waals surface area contributed by atoms with E-state index >= 15 is 0 Å². The van der Waals surface area contributed by atoms with Gasteiger partial charge in [0.25, 0.3) is 0 Å². The second-order valence-electron chi connectivity index (χ2n) is 4.10. The van der Waals surface area contributed by atoms with E-state index < -0.39 is 0 Å². The third-order valence-corrected chi connectivity index (χ3v) is 2.76. The molecule has 1 unspecified atom stereocenters. The standard InChI is InChI=1S/C14H17N3/c1-11(13-7-8-14(15)17-10-13)16-9-12-5-3-2-4-6-12/h2-8,10-11,16H,9H2,1H3,(H2,15,17). The first-order chi connectivity index (χ1) is 8.25. The molecule has 0 amide bonds. The molecule has 1 heterocycles. The van der Waals surface area contributed by atoms with Crippen LogP contribution in [0.4, 0.5) is 5.82 Å². The monoisotopic (exact) mass is 227 g/mol. The van der Waals surface area contributed by atoms with E-state index in [2.05, 4.69) is 29.4 Å². The molecule has 3 N–H and O–H groups in total. The number of pyridine rings is 1. The fourth-order valence-electron chi connectivity index (χ4n) is 1.66. The van der Waals surface area contributed by atoms with Gasteiger partial charge in [-0.15, -0.1) is 0 Å². The molecule has 0 saturated carbocycles. The van der Waals surface area contributed by atoms with Crippen LogP contribution in [-0.2, 0) is 6.54 Å². The number of hydrogen-bond donors (Lipinski definition) is 2. The van der Waals surface area contributed by atoms with E-state index in [4.69, 9.17) is 5.73 Å². The third kappa shape index (κ3) is 3.29. The number of anilines is 1. The molecule has 0 spiro atoms. The molecule has 0 radical (unpaired) electrons. The minimum Gasteiger partial charge on any atom is -0.384 e. The maximum atomic E-state index is 5.56. The van der Waals surface area contributed by atoms with Crippen molar-refractivity contribution in [3.8, 4) is 0 Å². The van der Waals surface area contributed by atoms with Crippen LogP contribution in [0.5, 0.6) is 0 Å². The Kier molecular flexibility index (Phi) is 3.73. The summed E-state index contributed by atoms with van der Waals surface area (Å²) in [5.74, 6) is 0.559. The zero-order valence-corrected chi connectivity index (χ0v) is 9.93. The molecule has 17 heavy (non-hydrogen) atoms. The highest BCUT2D eigenvalue weighted by Crippen LogP contribution is 2.12. The maximum absolute atomic E-state index is 5.56. The number of nitrogens with one attached hydrogen (secondary N) is 1. The Morgan fingerprint density at radius 2 is 1.94 bits per heavy atom. The van der Waals surface area contributed by atoms with E-state index in [0.29, 0.717) is 5.82 Å². The van der Waals surface area contributed by atoms with Crippen LogP contribution >= 0.6 is 0 Å². The van der Waals surface area contributed by atoms with Gasteiger partial charge in [-0.1, -0.05) is 36.4 Å². The van der Waals surface area contributed by atoms with E-state index in [0.717, 1.165) is 12.1 Å². The molecule has 0 saturated heterocycles. The summed E-state index contributed by atoms with van der Waals surface area (Å²) in [6.45, 7) is 2.97. The molecule has 88 valence electrons. The first-order valence-corrected chi connectivity index (χ1v) is 5.74. The van der Waals surface area contributed by atoms with Gasteiger partial charge in [0.05, 0.1) is 0 Å². The van der Waals surface area contributed by atoms with Gasteiger partial charge in [-0.3, -0.25) is 0 Å². The maximum Gasteiger partial charge on any atom is 0.123 e. The van der Waals surface area contributed by atoms with Crippen LogP contribution < -0.4 is 11.1 Å². The Bertz CT molecular complexity index is 451. The second kappa shape index (κ2) is 5.46. The fourth-order valence-corrected chi connectivity index (χ4v) is 1.66. The lowest BCUT2D eigenvalue weighted by Gasteiger charge is -2.14. The van der Waals surface area contributed by atoms with Crippen molar-refractivity contribution in [1.29, 1.82) is 0 Å². The molecule has 0 fully saturated rings. The molecule has 3 heteroatoms. The van der Waals surface area contributed by atoms with E-state index in [-0.39, 0.29) is 6.04 Å². The van der Waals surface area contributed by atoms with Crippen LogP contribution in [0.3, 0.4) is 0 Å². The number of nitrogen functional groups attached to an aromatic ring is 1. The number of nitrogens with zero attached hydrogens (tertiary/aromatic N) is 1. The average Bonchev–Trinajstić information content (AvgIpc) is 2.38. The van der Waals surface area contributed by atoms with Gasteiger partial charge in [-0.25, -0.2) is 4.98 Å². The Labute approximate surface area is 102 Å². The summed E-state index contributed by atoms with van der Waals surface area (Å²) < 4.78 is 0. The smallest absolute Gasteiger partial charge is 0.123 e. The van der Waals surface area contributed by atoms with Crippen molar-refractivity contribution in [2.45, 2.75) is 19.5 Å². The second-order valence-corrected chi connectivity index (χ2v) is 4.10. The van der Waals surface area contributed by atoms with Crippen molar-refractivity contribution in [3.05, 3.63) is 59.8 Å². The Balaban J connectivity index is 1.93. The molecular weight excluding hydrogens is 210 g/mol. The van der Waals surface area contributed by atoms with E-state index in [9.17, 15) is 0 Å². The van der Waals surface area contributed by atoms with Crippen molar-refractivity contribution in [2.24, 2.45) is 0 Å². The minimum absolute atomic E-state index is 0.267. The van der Waals surface area contributed by atoms with Gasteiger partial charge < -0.3 is 11.1 Å². The van der Waals surface area contributed by atoms with Crippen molar-refractivity contribution in [2.75, 3.05) is 5.73 Å². The number of hydrogen-bond acceptors (Lipinski definition) is 3. The highest BCUT2D eigenvalue weighted by molar-refractivity contribution is 5.30. The average molecular weight is 227 g/mol. The van der Waals surface area contributed by atoms with Gasteiger partial charge in [0, 0.05) is 18.8 Å². The first kappa shape index (κ1) is 11.6. The molecule has 0 bridgehead atoms. The van der Waals surface area contributed by atoms with Crippen LogP contribution in [0.25, 0.3) is 0 Å². The van der Waals surface area contributed by atoms with Crippen LogP contribution in [-0.4, -0.2) is 4.98 Å². The van der Waals surface area contributed by atoms with Gasteiger partial charge in [0.1, 0.15) is 5.82 Å². The van der Waals surface area contributed by atoms with Crippen LogP contribution in [0.15, 0.2) is 48.7 Å². The van der Waals surface area contributed by atoms with Crippen molar-refractivity contribution < 1.29 is 0 Å². The summed E-state index contributed by atoms with van der Waals surface area (Å²) in [6, 6.07) is 14.4. The normalized spacial score (nSPS) is 12.3. The van der Waals surface area contributed by atoms with Crippen molar-refractivity contribution in [1.82, 2.24) is 10.3 Å². The van der Waals surface area contributed by atoms with Crippen LogP contribution in [0.1, 0.15) is 24.1 Å². The van der Waals surface area contributed by atoms with Gasteiger partial charge in [-0.05, 0) is 24.1 Å². The first-order valence-electron chi connectivity index (χ1n) is 5.74. The lowest BCUT2D eigenvalue weighted by atomic mass is 10.1. The van der Waals surface area contributed by atoms with E-state index in [1.54, 1.807) is 0 Å². The highest BCUT2D eigenvalue weighted by Gasteiger charge is 2.04. The summed E-state index contributed by atoms with van der Waals surface area (Å²) in [5.41, 5.74) is 7.99. The molecule has 1 atom stereocenters. The number of aromatic nitrogens is 1. The lowest BCUT2D eigenvalue weighted by molar-refractivity contribution is 0.573. The molecule has 0 aliphatic heterocycles. The summed E-state index contributed by atoms with van der Waals surface area (Å²) >= 11 is 0. The van der Waals surface area contributed by atoms with E-state index in [1.165, 1.54) is 5.56 Å². The van der Waals surface area contributed by atoms with Gasteiger partial charge >= 0.3 is 0 Å². The summed E-state index contributed by atoms with van der Waals surface area (Å²) in [4.78, 5) is 4.09. The molecular formula is C14H17N3. The minimum atomic E-state index is 0.267. The summed E-state index contributed by atoms with van der Waals surface area (Å²) in [5, 5.41) is 3.45. The van der Waals surface area contributed by atoms with E-state index in [1.807, 2.05) is 36.5 Å². The molecule has 1 aromatic heterocycles. The SMILES string of the molecule is CC(NCc1ccccc1)c1ccc(N)nc1. The number of benzene rings is 1. The van der Waals surface area contributed by atoms with Gasteiger partial charge in [0.2, 0.25) is 0 Å². The fraction of sp³-hybridized carbons (Fsp3) is 0.214. The summed E-state index contributed by atoms with van der Waals surface area (Å²) in [7, 11) is 0. The highest BCUT2D eigenvalue weighted by atomic mass is 14.9. The molecule has 0 aliphatic rings. The quantitative estimate of drug-likeness (QED) is 0.843. The van der Waals surface area contributed by atoms with Crippen LogP contribution in [0, 0.1) is 0 Å². The number of nitrogens with two attached hydrogens (primary N) is 1. The van der Waals surface area contributed by atoms with Crippen LogP contribution in [0.2, 0.25) is 0 Å². The largest absolute Gasteiger partial charge is 0.384 e. The molecule has 1 aromatic carbocycles. The Morgan fingerprint density at radius 3 is 2.59 bits per heavy atom. The van der Waals surface area contributed by atoms with Gasteiger partial charge in [-0.2, -0.15) is 0 Å². The molecule has 2 rings (SSSR count). The molecule has 2 aromatic rings. The zero-order valence-electron chi connectivity index (χ0n) is 9.93. The Morgan fingerprint density at radius 1 is 1.18 bits per heavy atom. The molecule has 3 nitrogen and oxygen atoms in total. The Hall–Kier alpha value is -1.87. The topological polar surface area (TPSA) is 50.9 Å². The van der Waals surface area contributed by atoms with Gasteiger partial charge in [0.15, 0.2) is 0 Å². The predicted molar refractivity (Wildman–Crippen MR) is 70.3 cm³/mol. The summed E-state index contributed by atoms with van der Waals surface area (Å²) in [6.07, 6.45) is 1.82. The zero-order chi connectivity index (χ0) is 12.1. The number of rotatable bonds is 4. The third-order valence-electron chi connectivity index (χ3n) is 2.76. The van der Waals surface area contributed by atoms with Crippen molar-refractivity contribution >= 4 is 5.82 Å².